The van der Waals surface area contributed by atoms with Crippen molar-refractivity contribution in [1.82, 2.24) is 24.6 Å². The predicted octanol–water partition coefficient (Wildman–Crippen LogP) is 3.59. The molecule has 0 saturated carbocycles. The highest BCUT2D eigenvalue weighted by atomic mass is 35.5. The fourth-order valence-electron chi connectivity index (χ4n) is 5.43. The second-order valence-corrected chi connectivity index (χ2v) is 10.0. The van der Waals surface area contributed by atoms with Crippen LogP contribution in [0, 0.1) is 12.3 Å². The Balaban J connectivity index is 1.28. The van der Waals surface area contributed by atoms with Crippen LogP contribution in [0.2, 0.25) is 5.02 Å². The Hall–Kier alpha value is -3.33. The van der Waals surface area contributed by atoms with E-state index >= 15 is 0 Å². The van der Waals surface area contributed by atoms with E-state index in [-0.39, 0.29) is 11.5 Å². The standard InChI is InChI=1S/C24H26ClN7O2/c1-15-5-4-6-20(26-15)29-11-24(12-29)13-30(14-24)22-28-27-21-16(2)31(23(33)34-3)10-17-9-18(25)7-8-19(17)32(21)22/h4-9,16H,10-14H2,1-3H3. The van der Waals surface area contributed by atoms with Crippen LogP contribution in [0.3, 0.4) is 0 Å². The van der Waals surface area contributed by atoms with Crippen LogP contribution in [-0.2, 0) is 11.3 Å². The first kappa shape index (κ1) is 21.2. The number of nitrogens with zero attached hydrogens (tertiary/aromatic N) is 7. The Kier molecular flexibility index (Phi) is 4.74. The lowest BCUT2D eigenvalue weighted by Crippen LogP contribution is -2.73. The molecule has 2 fully saturated rings. The number of anilines is 2. The van der Waals surface area contributed by atoms with Crippen LogP contribution in [0.5, 0.6) is 0 Å². The molecule has 0 radical (unpaired) electrons. The highest BCUT2D eigenvalue weighted by molar-refractivity contribution is 6.30. The molecule has 2 saturated heterocycles. The number of carbonyl (C=O) groups is 1. The number of amides is 1. The highest BCUT2D eigenvalue weighted by Crippen LogP contribution is 2.44. The molecule has 3 aromatic rings. The molecule has 1 amide bonds. The number of halogens is 1. The lowest BCUT2D eigenvalue weighted by atomic mass is 9.73. The van der Waals surface area contributed by atoms with Gasteiger partial charge in [0.05, 0.1) is 25.4 Å². The molecule has 10 heteroatoms. The summed E-state index contributed by atoms with van der Waals surface area (Å²) >= 11 is 6.31. The molecule has 176 valence electrons. The van der Waals surface area contributed by atoms with Gasteiger partial charge in [0.25, 0.3) is 0 Å². The first-order valence-electron chi connectivity index (χ1n) is 11.4. The Morgan fingerprint density at radius 2 is 1.88 bits per heavy atom. The predicted molar refractivity (Wildman–Crippen MR) is 129 cm³/mol. The quantitative estimate of drug-likeness (QED) is 0.555. The third kappa shape index (κ3) is 3.21. The first-order chi connectivity index (χ1) is 16.4. The van der Waals surface area contributed by atoms with Crippen molar-refractivity contribution in [1.29, 1.82) is 0 Å². The number of carbonyl (C=O) groups excluding carboxylic acids is 1. The van der Waals surface area contributed by atoms with Crippen LogP contribution in [0.4, 0.5) is 16.6 Å². The van der Waals surface area contributed by atoms with Crippen molar-refractivity contribution in [3.8, 4) is 5.69 Å². The summed E-state index contributed by atoms with van der Waals surface area (Å²) in [6.07, 6.45) is -0.404. The number of hydrogen-bond acceptors (Lipinski definition) is 7. The third-order valence-electron chi connectivity index (χ3n) is 7.13. The molecule has 2 aromatic heterocycles. The van der Waals surface area contributed by atoms with E-state index in [0.29, 0.717) is 17.4 Å². The summed E-state index contributed by atoms with van der Waals surface area (Å²) in [6, 6.07) is 11.6. The van der Waals surface area contributed by atoms with Gasteiger partial charge in [-0.05, 0) is 49.7 Å². The summed E-state index contributed by atoms with van der Waals surface area (Å²) in [5.74, 6) is 2.56. The minimum atomic E-state index is -0.404. The van der Waals surface area contributed by atoms with Crippen molar-refractivity contribution in [3.05, 3.63) is 58.5 Å². The van der Waals surface area contributed by atoms with E-state index < -0.39 is 6.09 Å². The first-order valence-corrected chi connectivity index (χ1v) is 11.8. The van der Waals surface area contributed by atoms with Gasteiger partial charge < -0.3 is 14.5 Å². The van der Waals surface area contributed by atoms with Gasteiger partial charge in [-0.25, -0.2) is 9.78 Å². The van der Waals surface area contributed by atoms with E-state index in [1.807, 2.05) is 38.1 Å². The number of pyridine rings is 1. The summed E-state index contributed by atoms with van der Waals surface area (Å²) in [5.41, 5.74) is 3.15. The zero-order valence-electron chi connectivity index (χ0n) is 19.4. The van der Waals surface area contributed by atoms with Crippen molar-refractivity contribution < 1.29 is 9.53 Å². The van der Waals surface area contributed by atoms with E-state index in [2.05, 4.69) is 41.7 Å². The van der Waals surface area contributed by atoms with Crippen LogP contribution < -0.4 is 9.80 Å². The SMILES string of the molecule is COC(=O)N1Cc2cc(Cl)ccc2-n2c(nnc2N2CC3(CN(c4cccc(C)n4)C3)C2)C1C. The molecule has 34 heavy (non-hydrogen) atoms. The smallest absolute Gasteiger partial charge is 0.410 e. The van der Waals surface area contributed by atoms with Gasteiger partial charge in [-0.1, -0.05) is 17.7 Å². The van der Waals surface area contributed by atoms with E-state index in [0.717, 1.165) is 54.9 Å². The number of aromatic nitrogens is 4. The summed E-state index contributed by atoms with van der Waals surface area (Å²) < 4.78 is 7.12. The average molecular weight is 480 g/mol. The van der Waals surface area contributed by atoms with E-state index in [4.69, 9.17) is 16.3 Å². The van der Waals surface area contributed by atoms with Gasteiger partial charge in [0.2, 0.25) is 5.95 Å². The van der Waals surface area contributed by atoms with E-state index in [1.54, 1.807) is 4.90 Å². The molecule has 1 atom stereocenters. The molecule has 1 spiro atoms. The summed E-state index contributed by atoms with van der Waals surface area (Å²) in [5, 5.41) is 9.71. The van der Waals surface area contributed by atoms with Crippen LogP contribution >= 0.6 is 11.6 Å². The molecule has 3 aliphatic rings. The maximum absolute atomic E-state index is 12.5. The van der Waals surface area contributed by atoms with E-state index in [1.165, 1.54) is 7.11 Å². The Morgan fingerprint density at radius 3 is 2.62 bits per heavy atom. The van der Waals surface area contributed by atoms with Gasteiger partial charge in [-0.3, -0.25) is 9.47 Å². The van der Waals surface area contributed by atoms with Crippen LogP contribution in [0.15, 0.2) is 36.4 Å². The molecule has 6 rings (SSSR count). The molecule has 0 bridgehead atoms. The highest BCUT2D eigenvalue weighted by Gasteiger charge is 2.53. The molecule has 3 aliphatic heterocycles. The Morgan fingerprint density at radius 1 is 1.12 bits per heavy atom. The van der Waals surface area contributed by atoms with Gasteiger partial charge >= 0.3 is 6.09 Å². The minimum Gasteiger partial charge on any atom is -0.453 e. The van der Waals surface area contributed by atoms with Gasteiger partial charge in [-0.15, -0.1) is 10.2 Å². The monoisotopic (exact) mass is 479 g/mol. The topological polar surface area (TPSA) is 79.6 Å². The van der Waals surface area contributed by atoms with Crippen molar-refractivity contribution in [2.45, 2.75) is 26.4 Å². The third-order valence-corrected chi connectivity index (χ3v) is 7.37. The molecule has 5 heterocycles. The van der Waals surface area contributed by atoms with Gasteiger partial charge in [-0.2, -0.15) is 0 Å². The summed E-state index contributed by atoms with van der Waals surface area (Å²) in [4.78, 5) is 23.5. The molecule has 0 N–H and O–H groups in total. The molecule has 1 unspecified atom stereocenters. The van der Waals surface area contributed by atoms with Gasteiger partial charge in [0.15, 0.2) is 5.82 Å². The van der Waals surface area contributed by atoms with Gasteiger partial charge in [0, 0.05) is 42.3 Å². The average Bonchev–Trinajstić information content (AvgIpc) is 3.14. The second kappa shape index (κ2) is 7.59. The normalized spacial score (nSPS) is 20.2. The van der Waals surface area contributed by atoms with Crippen LogP contribution in [-0.4, -0.2) is 64.0 Å². The van der Waals surface area contributed by atoms with Crippen molar-refractivity contribution >= 4 is 29.5 Å². The number of aryl methyl sites for hydroxylation is 1. The molecular formula is C24H26ClN7O2. The molecule has 1 aromatic carbocycles. The maximum atomic E-state index is 12.5. The van der Waals surface area contributed by atoms with Gasteiger partial charge in [0.1, 0.15) is 5.82 Å². The number of benzene rings is 1. The number of rotatable bonds is 2. The van der Waals surface area contributed by atoms with Crippen molar-refractivity contribution in [3.63, 3.8) is 0 Å². The Bertz CT molecular complexity index is 1280. The number of methoxy groups -OCH3 is 1. The largest absolute Gasteiger partial charge is 0.453 e. The summed E-state index contributed by atoms with van der Waals surface area (Å²) in [7, 11) is 1.39. The zero-order valence-corrected chi connectivity index (χ0v) is 20.2. The maximum Gasteiger partial charge on any atom is 0.410 e. The number of fused-ring (bicyclic) bond motifs is 3. The lowest BCUT2D eigenvalue weighted by Gasteiger charge is -2.60. The van der Waals surface area contributed by atoms with E-state index in [9.17, 15) is 4.79 Å². The fourth-order valence-corrected chi connectivity index (χ4v) is 5.62. The van der Waals surface area contributed by atoms with Crippen molar-refractivity contribution in [2.75, 3.05) is 43.1 Å². The second-order valence-electron chi connectivity index (χ2n) is 9.59. The van der Waals surface area contributed by atoms with Crippen LogP contribution in [0.25, 0.3) is 5.69 Å². The molecule has 9 nitrogen and oxygen atoms in total. The molecular weight excluding hydrogens is 454 g/mol. The Labute approximate surface area is 202 Å². The minimum absolute atomic E-state index is 0.245. The summed E-state index contributed by atoms with van der Waals surface area (Å²) in [6.45, 7) is 8.14. The van der Waals surface area contributed by atoms with Crippen LogP contribution in [0.1, 0.15) is 30.0 Å². The fraction of sp³-hybridized carbons (Fsp3) is 0.417. The number of ether oxygens (including phenoxy) is 1. The lowest BCUT2D eigenvalue weighted by molar-refractivity contribution is 0.103. The molecule has 0 aliphatic carbocycles. The zero-order chi connectivity index (χ0) is 23.6. The number of hydrogen-bond donors (Lipinski definition) is 0. The van der Waals surface area contributed by atoms with Crippen molar-refractivity contribution in [2.24, 2.45) is 5.41 Å².